The summed E-state index contributed by atoms with van der Waals surface area (Å²) in [5.41, 5.74) is 0.566. The number of anilines is 1. The van der Waals surface area contributed by atoms with Crippen LogP contribution in [0.25, 0.3) is 0 Å². The standard InChI is InChI=1S/C16H20ClN3O3S/c1-4-18-16-20(5-2)15(22)13(24-16)9-14(21)19-10-6-7-12(23-3)11(17)8-10/h6-8,13H,4-5,9H2,1-3H3,(H,19,21). The second kappa shape index (κ2) is 8.39. The summed E-state index contributed by atoms with van der Waals surface area (Å²) in [5, 5.41) is 3.42. The van der Waals surface area contributed by atoms with E-state index < -0.39 is 5.25 Å². The Morgan fingerprint density at radius 2 is 2.21 bits per heavy atom. The molecule has 1 unspecified atom stereocenters. The van der Waals surface area contributed by atoms with Crippen molar-refractivity contribution in [3.05, 3.63) is 23.2 Å². The zero-order chi connectivity index (χ0) is 17.7. The van der Waals surface area contributed by atoms with Crippen LogP contribution in [0, 0.1) is 0 Å². The molecule has 0 aliphatic carbocycles. The van der Waals surface area contributed by atoms with Gasteiger partial charge < -0.3 is 10.1 Å². The SMILES string of the molecule is CCN=C1SC(CC(=O)Nc2ccc(OC)c(Cl)c2)C(=O)N1CC. The first kappa shape index (κ1) is 18.6. The monoisotopic (exact) mass is 369 g/mol. The number of carbonyl (C=O) groups excluding carboxylic acids is 2. The summed E-state index contributed by atoms with van der Waals surface area (Å²) in [5.74, 6) is 0.226. The van der Waals surface area contributed by atoms with Crippen LogP contribution in [0.2, 0.25) is 5.02 Å². The van der Waals surface area contributed by atoms with Crippen molar-refractivity contribution in [2.75, 3.05) is 25.5 Å². The lowest BCUT2D eigenvalue weighted by Crippen LogP contribution is -2.33. The number of amides is 2. The Hall–Kier alpha value is -1.73. The molecule has 2 rings (SSSR count). The van der Waals surface area contributed by atoms with Gasteiger partial charge in [0.1, 0.15) is 11.0 Å². The molecule has 1 heterocycles. The van der Waals surface area contributed by atoms with Gasteiger partial charge in [0.2, 0.25) is 11.8 Å². The summed E-state index contributed by atoms with van der Waals surface area (Å²) >= 11 is 7.38. The van der Waals surface area contributed by atoms with Gasteiger partial charge in [-0.15, -0.1) is 0 Å². The molecule has 0 spiro atoms. The third kappa shape index (κ3) is 4.21. The number of hydrogen-bond donors (Lipinski definition) is 1. The van der Waals surface area contributed by atoms with Crippen LogP contribution in [0.4, 0.5) is 5.69 Å². The minimum Gasteiger partial charge on any atom is -0.495 e. The molecule has 1 aromatic carbocycles. The number of ether oxygens (including phenoxy) is 1. The zero-order valence-electron chi connectivity index (χ0n) is 13.8. The van der Waals surface area contributed by atoms with Crippen LogP contribution in [0.3, 0.4) is 0 Å². The Morgan fingerprint density at radius 1 is 1.46 bits per heavy atom. The van der Waals surface area contributed by atoms with Gasteiger partial charge in [-0.1, -0.05) is 23.4 Å². The normalized spacial score (nSPS) is 19.0. The lowest BCUT2D eigenvalue weighted by molar-refractivity contribution is -0.128. The van der Waals surface area contributed by atoms with Crippen molar-refractivity contribution in [1.29, 1.82) is 0 Å². The van der Waals surface area contributed by atoms with E-state index in [0.29, 0.717) is 34.7 Å². The van der Waals surface area contributed by atoms with Gasteiger partial charge in [0.05, 0.1) is 12.1 Å². The van der Waals surface area contributed by atoms with Crippen LogP contribution in [-0.4, -0.2) is 47.3 Å². The molecule has 1 saturated heterocycles. The van der Waals surface area contributed by atoms with Crippen LogP contribution in [0.5, 0.6) is 5.75 Å². The van der Waals surface area contributed by atoms with E-state index in [1.807, 2.05) is 13.8 Å². The highest BCUT2D eigenvalue weighted by atomic mass is 35.5. The van der Waals surface area contributed by atoms with Gasteiger partial charge in [-0.05, 0) is 32.0 Å². The van der Waals surface area contributed by atoms with Crippen LogP contribution >= 0.6 is 23.4 Å². The summed E-state index contributed by atoms with van der Waals surface area (Å²) in [4.78, 5) is 30.5. The van der Waals surface area contributed by atoms with Crippen molar-refractivity contribution in [3.8, 4) is 5.75 Å². The predicted molar refractivity (Wildman–Crippen MR) is 98.0 cm³/mol. The quantitative estimate of drug-likeness (QED) is 0.836. The highest BCUT2D eigenvalue weighted by Gasteiger charge is 2.38. The molecule has 1 aliphatic rings. The van der Waals surface area contributed by atoms with E-state index >= 15 is 0 Å². The Kier molecular flexibility index (Phi) is 6.51. The molecule has 1 aromatic rings. The van der Waals surface area contributed by atoms with Gasteiger partial charge in [-0.3, -0.25) is 19.5 Å². The largest absolute Gasteiger partial charge is 0.495 e. The first-order chi connectivity index (χ1) is 11.5. The highest BCUT2D eigenvalue weighted by Crippen LogP contribution is 2.30. The lowest BCUT2D eigenvalue weighted by atomic mass is 10.2. The van der Waals surface area contributed by atoms with Crippen LogP contribution < -0.4 is 10.1 Å². The summed E-state index contributed by atoms with van der Waals surface area (Å²) < 4.78 is 5.07. The summed E-state index contributed by atoms with van der Waals surface area (Å²) in [6.45, 7) is 4.97. The number of nitrogens with one attached hydrogen (secondary N) is 1. The smallest absolute Gasteiger partial charge is 0.242 e. The summed E-state index contributed by atoms with van der Waals surface area (Å²) in [7, 11) is 1.53. The molecule has 1 fully saturated rings. The first-order valence-electron chi connectivity index (χ1n) is 7.66. The van der Waals surface area contributed by atoms with Gasteiger partial charge in [0.15, 0.2) is 5.17 Å². The third-order valence-electron chi connectivity index (χ3n) is 3.44. The van der Waals surface area contributed by atoms with Crippen molar-refractivity contribution in [2.24, 2.45) is 4.99 Å². The molecule has 24 heavy (non-hydrogen) atoms. The molecule has 0 bridgehead atoms. The van der Waals surface area contributed by atoms with Gasteiger partial charge in [0, 0.05) is 25.2 Å². The average molecular weight is 370 g/mol. The number of benzene rings is 1. The maximum absolute atomic E-state index is 12.4. The molecular formula is C16H20ClN3O3S. The Morgan fingerprint density at radius 3 is 2.79 bits per heavy atom. The second-order valence-corrected chi connectivity index (χ2v) is 6.62. The van der Waals surface area contributed by atoms with Crippen molar-refractivity contribution < 1.29 is 14.3 Å². The molecule has 1 atom stereocenters. The Balaban J connectivity index is 2.01. The fourth-order valence-corrected chi connectivity index (χ4v) is 3.84. The number of amidine groups is 1. The minimum absolute atomic E-state index is 0.0717. The van der Waals surface area contributed by atoms with E-state index in [1.165, 1.54) is 18.9 Å². The van der Waals surface area contributed by atoms with E-state index in [0.717, 1.165) is 0 Å². The molecular weight excluding hydrogens is 350 g/mol. The van der Waals surface area contributed by atoms with E-state index in [2.05, 4.69) is 10.3 Å². The van der Waals surface area contributed by atoms with Crippen molar-refractivity contribution in [3.63, 3.8) is 0 Å². The number of methoxy groups -OCH3 is 1. The fraction of sp³-hybridized carbons (Fsp3) is 0.438. The maximum atomic E-state index is 12.4. The second-order valence-electron chi connectivity index (χ2n) is 5.05. The van der Waals surface area contributed by atoms with Gasteiger partial charge in [-0.25, -0.2) is 0 Å². The fourth-order valence-electron chi connectivity index (χ4n) is 2.31. The predicted octanol–water partition coefficient (Wildman–Crippen LogP) is 3.02. The van der Waals surface area contributed by atoms with Crippen molar-refractivity contribution >= 4 is 46.0 Å². The van der Waals surface area contributed by atoms with Crippen LogP contribution in [-0.2, 0) is 9.59 Å². The number of halogens is 1. The van der Waals surface area contributed by atoms with E-state index in [9.17, 15) is 9.59 Å². The molecule has 8 heteroatoms. The van der Waals surface area contributed by atoms with E-state index in [-0.39, 0.29) is 18.2 Å². The van der Waals surface area contributed by atoms with Gasteiger partial charge in [0.25, 0.3) is 0 Å². The number of aliphatic imine (C=N–C) groups is 1. The van der Waals surface area contributed by atoms with Crippen molar-refractivity contribution in [2.45, 2.75) is 25.5 Å². The summed E-state index contributed by atoms with van der Waals surface area (Å²) in [6, 6.07) is 5.00. The summed E-state index contributed by atoms with van der Waals surface area (Å²) in [6.07, 6.45) is 0.0897. The Bertz CT molecular complexity index is 666. The number of nitrogens with zero attached hydrogens (tertiary/aromatic N) is 2. The van der Waals surface area contributed by atoms with Gasteiger partial charge in [-0.2, -0.15) is 0 Å². The van der Waals surface area contributed by atoms with E-state index in [4.69, 9.17) is 16.3 Å². The zero-order valence-corrected chi connectivity index (χ0v) is 15.4. The molecule has 0 radical (unpaired) electrons. The number of thioether (sulfide) groups is 1. The molecule has 2 amide bonds. The molecule has 6 nitrogen and oxygen atoms in total. The lowest BCUT2D eigenvalue weighted by Gasteiger charge is -2.13. The minimum atomic E-state index is -0.441. The van der Waals surface area contributed by atoms with E-state index in [1.54, 1.807) is 23.1 Å². The Labute approximate surface area is 150 Å². The van der Waals surface area contributed by atoms with Gasteiger partial charge >= 0.3 is 0 Å². The maximum Gasteiger partial charge on any atom is 0.242 e. The molecule has 0 saturated carbocycles. The third-order valence-corrected chi connectivity index (χ3v) is 4.94. The molecule has 130 valence electrons. The highest BCUT2D eigenvalue weighted by molar-refractivity contribution is 8.15. The topological polar surface area (TPSA) is 71.0 Å². The number of carbonyl (C=O) groups is 2. The molecule has 1 N–H and O–H groups in total. The van der Waals surface area contributed by atoms with Crippen molar-refractivity contribution in [1.82, 2.24) is 4.90 Å². The number of hydrogen-bond acceptors (Lipinski definition) is 5. The molecule has 1 aliphatic heterocycles. The average Bonchev–Trinajstić information content (AvgIpc) is 2.83. The van der Waals surface area contributed by atoms with Crippen LogP contribution in [0.15, 0.2) is 23.2 Å². The molecule has 0 aromatic heterocycles. The number of rotatable bonds is 6. The van der Waals surface area contributed by atoms with Crippen LogP contribution in [0.1, 0.15) is 20.3 Å². The first-order valence-corrected chi connectivity index (χ1v) is 8.91.